The SMILES string of the molecule is N#Cc1ccccc1NC(=O)C(=O)NCC1CCN(C(=O)c2cc3ccccc3o2)CC1. The topological polar surface area (TPSA) is 115 Å². The number of carbonyl (C=O) groups is 3. The molecule has 0 saturated carbocycles. The number of furan rings is 1. The van der Waals surface area contributed by atoms with Crippen LogP contribution in [0, 0.1) is 17.2 Å². The summed E-state index contributed by atoms with van der Waals surface area (Å²) in [5.74, 6) is -1.21. The van der Waals surface area contributed by atoms with Gasteiger partial charge in [0.25, 0.3) is 5.91 Å². The Morgan fingerprint density at radius 3 is 2.50 bits per heavy atom. The minimum atomic E-state index is -0.815. The van der Waals surface area contributed by atoms with Crippen molar-refractivity contribution in [2.75, 3.05) is 25.0 Å². The number of carbonyl (C=O) groups excluding carboxylic acids is 3. The number of amides is 3. The van der Waals surface area contributed by atoms with Gasteiger partial charge in [-0.1, -0.05) is 30.3 Å². The van der Waals surface area contributed by atoms with Crippen molar-refractivity contribution < 1.29 is 18.8 Å². The van der Waals surface area contributed by atoms with Crippen molar-refractivity contribution in [2.45, 2.75) is 12.8 Å². The number of benzene rings is 2. The van der Waals surface area contributed by atoms with E-state index in [4.69, 9.17) is 9.68 Å². The molecule has 0 spiro atoms. The highest BCUT2D eigenvalue weighted by Crippen LogP contribution is 2.23. The molecule has 0 atom stereocenters. The van der Waals surface area contributed by atoms with E-state index in [0.29, 0.717) is 49.5 Å². The number of piperidine rings is 1. The van der Waals surface area contributed by atoms with Crippen LogP contribution in [0.15, 0.2) is 59.0 Å². The van der Waals surface area contributed by atoms with Crippen LogP contribution in [0.3, 0.4) is 0 Å². The molecule has 8 heteroatoms. The molecule has 162 valence electrons. The molecular weight excluding hydrogens is 408 g/mol. The van der Waals surface area contributed by atoms with Gasteiger partial charge in [0.05, 0.1) is 11.3 Å². The highest BCUT2D eigenvalue weighted by atomic mass is 16.3. The number of hydrogen-bond acceptors (Lipinski definition) is 5. The Balaban J connectivity index is 1.25. The lowest BCUT2D eigenvalue weighted by atomic mass is 9.96. The first-order chi connectivity index (χ1) is 15.5. The van der Waals surface area contributed by atoms with Crippen LogP contribution in [0.4, 0.5) is 5.69 Å². The molecule has 1 aromatic heterocycles. The molecule has 0 aliphatic carbocycles. The summed E-state index contributed by atoms with van der Waals surface area (Å²) in [6.45, 7) is 1.45. The number of nitriles is 1. The maximum absolute atomic E-state index is 12.7. The van der Waals surface area contributed by atoms with Crippen molar-refractivity contribution in [3.63, 3.8) is 0 Å². The van der Waals surface area contributed by atoms with Gasteiger partial charge in [0.15, 0.2) is 5.76 Å². The fourth-order valence-corrected chi connectivity index (χ4v) is 3.77. The van der Waals surface area contributed by atoms with Crippen molar-refractivity contribution in [2.24, 2.45) is 5.92 Å². The third kappa shape index (κ3) is 4.62. The van der Waals surface area contributed by atoms with Gasteiger partial charge in [0.1, 0.15) is 11.7 Å². The van der Waals surface area contributed by atoms with E-state index in [-0.39, 0.29) is 17.4 Å². The predicted molar refractivity (Wildman–Crippen MR) is 118 cm³/mol. The maximum Gasteiger partial charge on any atom is 0.313 e. The number of fused-ring (bicyclic) bond motifs is 1. The average Bonchev–Trinajstić information content (AvgIpc) is 3.27. The zero-order valence-electron chi connectivity index (χ0n) is 17.3. The van der Waals surface area contributed by atoms with Gasteiger partial charge in [0.2, 0.25) is 0 Å². The normalized spacial score (nSPS) is 14.0. The van der Waals surface area contributed by atoms with E-state index < -0.39 is 11.8 Å². The smallest absolute Gasteiger partial charge is 0.313 e. The Bertz CT molecular complexity index is 1170. The van der Waals surface area contributed by atoms with Crippen LogP contribution in [-0.4, -0.2) is 42.3 Å². The number of para-hydroxylation sites is 2. The van der Waals surface area contributed by atoms with Crippen LogP contribution in [0.2, 0.25) is 0 Å². The summed E-state index contributed by atoms with van der Waals surface area (Å²) in [6.07, 6.45) is 1.43. The molecular formula is C24H22N4O4. The third-order valence-corrected chi connectivity index (χ3v) is 5.59. The summed E-state index contributed by atoms with van der Waals surface area (Å²) in [5, 5.41) is 15.1. The van der Waals surface area contributed by atoms with Gasteiger partial charge in [-0.3, -0.25) is 14.4 Å². The molecule has 0 bridgehead atoms. The maximum atomic E-state index is 12.7. The number of rotatable bonds is 4. The van der Waals surface area contributed by atoms with E-state index in [1.54, 1.807) is 35.2 Å². The zero-order valence-corrected chi connectivity index (χ0v) is 17.3. The second kappa shape index (κ2) is 9.35. The Morgan fingerprint density at radius 2 is 1.75 bits per heavy atom. The second-order valence-corrected chi connectivity index (χ2v) is 7.71. The van der Waals surface area contributed by atoms with Crippen LogP contribution in [0.25, 0.3) is 11.0 Å². The van der Waals surface area contributed by atoms with Gasteiger partial charge in [-0.25, -0.2) is 0 Å². The molecule has 8 nitrogen and oxygen atoms in total. The number of nitrogens with one attached hydrogen (secondary N) is 2. The Labute approximate surface area is 184 Å². The van der Waals surface area contributed by atoms with Gasteiger partial charge in [-0.05, 0) is 43.0 Å². The fourth-order valence-electron chi connectivity index (χ4n) is 3.77. The third-order valence-electron chi connectivity index (χ3n) is 5.59. The Kier molecular flexibility index (Phi) is 6.17. The molecule has 1 fully saturated rings. The van der Waals surface area contributed by atoms with E-state index in [0.717, 1.165) is 5.39 Å². The van der Waals surface area contributed by atoms with Crippen LogP contribution in [0.1, 0.15) is 29.0 Å². The lowest BCUT2D eigenvalue weighted by molar-refractivity contribution is -0.136. The first kappa shape index (κ1) is 21.1. The van der Waals surface area contributed by atoms with Gasteiger partial charge >= 0.3 is 11.8 Å². The van der Waals surface area contributed by atoms with Crippen molar-refractivity contribution in [1.82, 2.24) is 10.2 Å². The molecule has 2 N–H and O–H groups in total. The first-order valence-electron chi connectivity index (χ1n) is 10.4. The first-order valence-corrected chi connectivity index (χ1v) is 10.4. The Morgan fingerprint density at radius 1 is 1.03 bits per heavy atom. The van der Waals surface area contributed by atoms with E-state index in [1.807, 2.05) is 30.3 Å². The van der Waals surface area contributed by atoms with Crippen molar-refractivity contribution in [1.29, 1.82) is 5.26 Å². The van der Waals surface area contributed by atoms with Crippen molar-refractivity contribution >= 4 is 34.4 Å². The molecule has 32 heavy (non-hydrogen) atoms. The summed E-state index contributed by atoms with van der Waals surface area (Å²) < 4.78 is 5.67. The lowest BCUT2D eigenvalue weighted by Gasteiger charge is -2.31. The van der Waals surface area contributed by atoms with Crippen LogP contribution in [0.5, 0.6) is 0 Å². The molecule has 3 amide bonds. The second-order valence-electron chi connectivity index (χ2n) is 7.71. The van der Waals surface area contributed by atoms with Gasteiger partial charge in [0, 0.05) is 25.0 Å². The monoisotopic (exact) mass is 430 g/mol. The van der Waals surface area contributed by atoms with E-state index in [2.05, 4.69) is 10.6 Å². The molecule has 1 saturated heterocycles. The molecule has 4 rings (SSSR count). The van der Waals surface area contributed by atoms with Gasteiger partial charge < -0.3 is 20.0 Å². The molecule has 2 heterocycles. The Hall–Kier alpha value is -4.12. The molecule has 2 aromatic carbocycles. The average molecular weight is 430 g/mol. The zero-order chi connectivity index (χ0) is 22.5. The predicted octanol–water partition coefficient (Wildman–Crippen LogP) is 2.91. The minimum Gasteiger partial charge on any atom is -0.451 e. The van der Waals surface area contributed by atoms with E-state index in [9.17, 15) is 14.4 Å². The van der Waals surface area contributed by atoms with E-state index in [1.165, 1.54) is 0 Å². The molecule has 0 radical (unpaired) electrons. The standard InChI is InChI=1S/C24H22N4O4/c25-14-18-6-1-3-7-19(18)27-23(30)22(29)26-15-16-9-11-28(12-10-16)24(31)21-13-17-5-2-4-8-20(17)32-21/h1-8,13,16H,9-12,15H2,(H,26,29)(H,27,30). The molecule has 1 aliphatic heterocycles. The quantitative estimate of drug-likeness (QED) is 0.618. The summed E-state index contributed by atoms with van der Waals surface area (Å²) in [5.41, 5.74) is 1.27. The fraction of sp³-hybridized carbons (Fsp3) is 0.250. The van der Waals surface area contributed by atoms with Crippen molar-refractivity contribution in [3.8, 4) is 6.07 Å². The summed E-state index contributed by atoms with van der Waals surface area (Å²) >= 11 is 0. The highest BCUT2D eigenvalue weighted by molar-refractivity contribution is 6.39. The van der Waals surface area contributed by atoms with Gasteiger partial charge in [-0.15, -0.1) is 0 Å². The number of hydrogen-bond donors (Lipinski definition) is 2. The highest BCUT2D eigenvalue weighted by Gasteiger charge is 2.26. The van der Waals surface area contributed by atoms with E-state index >= 15 is 0 Å². The summed E-state index contributed by atoms with van der Waals surface area (Å²) in [7, 11) is 0. The summed E-state index contributed by atoms with van der Waals surface area (Å²) in [6, 6.07) is 17.7. The molecule has 1 aliphatic rings. The lowest BCUT2D eigenvalue weighted by Crippen LogP contribution is -2.43. The van der Waals surface area contributed by atoms with Crippen LogP contribution < -0.4 is 10.6 Å². The summed E-state index contributed by atoms with van der Waals surface area (Å²) in [4.78, 5) is 38.8. The minimum absolute atomic E-state index is 0.140. The molecule has 3 aromatic rings. The number of nitrogens with zero attached hydrogens (tertiary/aromatic N) is 2. The number of likely N-dealkylation sites (tertiary alicyclic amines) is 1. The number of anilines is 1. The molecule has 0 unspecified atom stereocenters. The van der Waals surface area contributed by atoms with Crippen molar-refractivity contribution in [3.05, 3.63) is 65.9 Å². The van der Waals surface area contributed by atoms with Crippen LogP contribution >= 0.6 is 0 Å². The largest absolute Gasteiger partial charge is 0.451 e. The van der Waals surface area contributed by atoms with Gasteiger partial charge in [-0.2, -0.15) is 5.26 Å². The van der Waals surface area contributed by atoms with Crippen LogP contribution in [-0.2, 0) is 9.59 Å².